The summed E-state index contributed by atoms with van der Waals surface area (Å²) in [5, 5.41) is 0. The fourth-order valence-electron chi connectivity index (χ4n) is 2.40. The van der Waals surface area contributed by atoms with Crippen LogP contribution in [0.4, 0.5) is 13.2 Å². The van der Waals surface area contributed by atoms with Crippen LogP contribution in [0, 0.1) is 6.92 Å². The molecule has 112 valence electrons. The Morgan fingerprint density at radius 3 is 2.59 bits per heavy atom. The summed E-state index contributed by atoms with van der Waals surface area (Å²) in [5.74, 6) is 0. The maximum atomic E-state index is 13.1. The molecule has 0 atom stereocenters. The van der Waals surface area contributed by atoms with Crippen molar-refractivity contribution in [2.24, 2.45) is 0 Å². The third kappa shape index (κ3) is 2.36. The third-order valence-electron chi connectivity index (χ3n) is 3.49. The maximum absolute atomic E-state index is 13.1. The van der Waals surface area contributed by atoms with Crippen molar-refractivity contribution in [2.45, 2.75) is 13.1 Å². The van der Waals surface area contributed by atoms with Gasteiger partial charge in [-0.1, -0.05) is 12.1 Å². The van der Waals surface area contributed by atoms with E-state index in [2.05, 4.69) is 0 Å². The molecule has 0 spiro atoms. The molecule has 6 heteroatoms. The molecule has 0 fully saturated rings. The van der Waals surface area contributed by atoms with Crippen LogP contribution in [0.2, 0.25) is 0 Å². The number of fused-ring (bicyclic) bond motifs is 1. The molecule has 2 heterocycles. The van der Waals surface area contributed by atoms with E-state index in [1.807, 2.05) is 0 Å². The van der Waals surface area contributed by atoms with Gasteiger partial charge in [0.2, 0.25) is 0 Å². The number of halogens is 3. The van der Waals surface area contributed by atoms with Crippen LogP contribution in [0.25, 0.3) is 11.3 Å². The lowest BCUT2D eigenvalue weighted by molar-refractivity contribution is -0.571. The fraction of sp³-hybridized carbons (Fsp3) is 0.125. The van der Waals surface area contributed by atoms with Crippen molar-refractivity contribution in [2.75, 3.05) is 0 Å². The second-order valence-electron chi connectivity index (χ2n) is 4.95. The second-order valence-corrected chi connectivity index (χ2v) is 4.95. The smallest absolute Gasteiger partial charge is 0.241 e. The van der Waals surface area contributed by atoms with Crippen molar-refractivity contribution < 1.29 is 17.7 Å². The topological polar surface area (TPSA) is 25.4 Å². The molecule has 0 radical (unpaired) electrons. The first-order valence-corrected chi connectivity index (χ1v) is 6.58. The summed E-state index contributed by atoms with van der Waals surface area (Å²) in [7, 11) is 0. The van der Waals surface area contributed by atoms with Crippen molar-refractivity contribution in [3.8, 4) is 5.69 Å². The van der Waals surface area contributed by atoms with Gasteiger partial charge >= 0.3 is 11.7 Å². The van der Waals surface area contributed by atoms with Gasteiger partial charge in [-0.3, -0.25) is 0 Å². The van der Waals surface area contributed by atoms with Crippen LogP contribution in [0.3, 0.4) is 0 Å². The van der Waals surface area contributed by atoms with E-state index >= 15 is 0 Å². The van der Waals surface area contributed by atoms with Gasteiger partial charge in [0.1, 0.15) is 11.9 Å². The van der Waals surface area contributed by atoms with Gasteiger partial charge in [0.05, 0.1) is 17.8 Å². The SMILES string of the molecule is Cc1ccc(-[n+]2ccc(=O)n3ccccc32)cc1C(F)(F)F. The zero-order valence-corrected chi connectivity index (χ0v) is 11.6. The van der Waals surface area contributed by atoms with E-state index < -0.39 is 11.7 Å². The number of benzene rings is 1. The number of alkyl halides is 3. The summed E-state index contributed by atoms with van der Waals surface area (Å²) < 4.78 is 42.1. The number of hydrogen-bond donors (Lipinski definition) is 0. The first-order valence-electron chi connectivity index (χ1n) is 6.58. The van der Waals surface area contributed by atoms with Crippen molar-refractivity contribution in [1.82, 2.24) is 4.40 Å². The lowest BCUT2D eigenvalue weighted by Crippen LogP contribution is -2.37. The number of pyridine rings is 1. The van der Waals surface area contributed by atoms with Gasteiger partial charge in [-0.25, -0.2) is 4.79 Å². The molecule has 0 aliphatic rings. The minimum atomic E-state index is -4.41. The molecule has 3 aromatic rings. The highest BCUT2D eigenvalue weighted by atomic mass is 19.4. The minimum Gasteiger partial charge on any atom is -0.241 e. The van der Waals surface area contributed by atoms with Crippen molar-refractivity contribution in [1.29, 1.82) is 0 Å². The van der Waals surface area contributed by atoms with Crippen LogP contribution in [0.15, 0.2) is 59.7 Å². The Morgan fingerprint density at radius 2 is 1.86 bits per heavy atom. The van der Waals surface area contributed by atoms with Gasteiger partial charge in [0, 0.05) is 6.07 Å². The number of aromatic nitrogens is 2. The summed E-state index contributed by atoms with van der Waals surface area (Å²) in [6, 6.07) is 10.5. The average molecular weight is 305 g/mol. The van der Waals surface area contributed by atoms with E-state index in [0.29, 0.717) is 11.3 Å². The number of hydrogen-bond acceptors (Lipinski definition) is 1. The highest BCUT2D eigenvalue weighted by molar-refractivity contribution is 5.40. The van der Waals surface area contributed by atoms with E-state index in [-0.39, 0.29) is 11.1 Å². The Bertz CT molecular complexity index is 913. The fourth-order valence-corrected chi connectivity index (χ4v) is 2.40. The van der Waals surface area contributed by atoms with E-state index in [0.717, 1.165) is 6.07 Å². The van der Waals surface area contributed by atoms with Gasteiger partial charge < -0.3 is 0 Å². The zero-order chi connectivity index (χ0) is 15.9. The Labute approximate surface area is 123 Å². The zero-order valence-electron chi connectivity index (χ0n) is 11.6. The molecule has 3 nitrogen and oxygen atoms in total. The Hall–Kier alpha value is -2.63. The van der Waals surface area contributed by atoms with Crippen molar-refractivity contribution >= 4 is 5.65 Å². The monoisotopic (exact) mass is 305 g/mol. The Kier molecular flexibility index (Phi) is 3.24. The number of aryl methyl sites for hydroxylation is 1. The van der Waals surface area contributed by atoms with E-state index in [9.17, 15) is 18.0 Å². The Morgan fingerprint density at radius 1 is 1.09 bits per heavy atom. The van der Waals surface area contributed by atoms with E-state index in [1.165, 1.54) is 29.7 Å². The highest BCUT2D eigenvalue weighted by Crippen LogP contribution is 2.32. The van der Waals surface area contributed by atoms with Crippen LogP contribution >= 0.6 is 0 Å². The molecule has 22 heavy (non-hydrogen) atoms. The molecule has 0 unspecified atom stereocenters. The molecule has 0 saturated heterocycles. The van der Waals surface area contributed by atoms with Gasteiger partial charge in [-0.15, -0.1) is 0 Å². The van der Waals surface area contributed by atoms with Crippen LogP contribution < -0.4 is 10.1 Å². The summed E-state index contributed by atoms with van der Waals surface area (Å²) in [6.07, 6.45) is -1.36. The Balaban J connectivity index is 2.29. The molecule has 0 N–H and O–H groups in total. The lowest BCUT2D eigenvalue weighted by Gasteiger charge is -2.11. The second kappa shape index (κ2) is 4.98. The average Bonchev–Trinajstić information content (AvgIpc) is 2.48. The molecular weight excluding hydrogens is 293 g/mol. The first kappa shape index (κ1) is 14.3. The molecule has 0 aliphatic carbocycles. The molecule has 0 bridgehead atoms. The van der Waals surface area contributed by atoms with Gasteiger partial charge in [0.15, 0.2) is 0 Å². The molecule has 1 aromatic carbocycles. The van der Waals surface area contributed by atoms with E-state index in [1.54, 1.807) is 35.0 Å². The maximum Gasteiger partial charge on any atom is 0.416 e. The molecule has 0 amide bonds. The molecule has 3 rings (SSSR count). The van der Waals surface area contributed by atoms with E-state index in [4.69, 9.17) is 0 Å². The molecule has 0 saturated carbocycles. The van der Waals surface area contributed by atoms with Gasteiger partial charge in [-0.2, -0.15) is 22.1 Å². The summed E-state index contributed by atoms with van der Waals surface area (Å²) in [4.78, 5) is 11.8. The van der Waals surface area contributed by atoms with Crippen molar-refractivity contribution in [3.63, 3.8) is 0 Å². The minimum absolute atomic E-state index is 0.161. The molecule has 2 aromatic heterocycles. The first-order chi connectivity index (χ1) is 10.4. The summed E-state index contributed by atoms with van der Waals surface area (Å²) >= 11 is 0. The largest absolute Gasteiger partial charge is 0.416 e. The number of rotatable bonds is 1. The summed E-state index contributed by atoms with van der Waals surface area (Å²) in [5.41, 5.74) is 0.0793. The quantitative estimate of drug-likeness (QED) is 0.635. The predicted molar refractivity (Wildman–Crippen MR) is 74.9 cm³/mol. The highest BCUT2D eigenvalue weighted by Gasteiger charge is 2.33. The van der Waals surface area contributed by atoms with Crippen LogP contribution in [-0.4, -0.2) is 4.40 Å². The molecule has 0 aliphatic heterocycles. The van der Waals surface area contributed by atoms with Crippen LogP contribution in [-0.2, 0) is 6.18 Å². The van der Waals surface area contributed by atoms with Crippen molar-refractivity contribution in [3.05, 3.63) is 76.3 Å². The predicted octanol–water partition coefficient (Wildman–Crippen LogP) is 2.90. The van der Waals surface area contributed by atoms with Gasteiger partial charge in [0.25, 0.3) is 5.65 Å². The summed E-state index contributed by atoms with van der Waals surface area (Å²) in [6.45, 7) is 1.42. The van der Waals surface area contributed by atoms with Crippen LogP contribution in [0.5, 0.6) is 0 Å². The normalized spacial score (nSPS) is 11.8. The standard InChI is InChI=1S/C16H12F3N2O/c1-11-5-6-12(10-13(11)16(17,18)19)20-9-7-15(22)21-8-3-2-4-14(20)21/h2-10H,1H3/q+1. The van der Waals surface area contributed by atoms with Gasteiger partial charge in [-0.05, 0) is 30.7 Å². The van der Waals surface area contributed by atoms with Crippen LogP contribution in [0.1, 0.15) is 11.1 Å². The molecular formula is C16H12F3N2O+. The lowest BCUT2D eigenvalue weighted by atomic mass is 10.1. The number of nitrogens with zero attached hydrogens (tertiary/aromatic N) is 2. The third-order valence-corrected chi connectivity index (χ3v) is 3.49.